The molecule has 1 atom stereocenters. The highest BCUT2D eigenvalue weighted by molar-refractivity contribution is 5.75. The lowest BCUT2D eigenvalue weighted by molar-refractivity contribution is 0.0778. The van der Waals surface area contributed by atoms with Gasteiger partial charge in [-0.25, -0.2) is 4.79 Å². The molecule has 1 aliphatic carbocycles. The molecule has 0 N–H and O–H groups in total. The van der Waals surface area contributed by atoms with Crippen LogP contribution in [0.2, 0.25) is 0 Å². The summed E-state index contributed by atoms with van der Waals surface area (Å²) in [6.07, 6.45) is 8.59. The first kappa shape index (κ1) is 14.0. The van der Waals surface area contributed by atoms with Gasteiger partial charge in [-0.15, -0.1) is 0 Å². The van der Waals surface area contributed by atoms with Crippen LogP contribution in [-0.4, -0.2) is 42.0 Å². The van der Waals surface area contributed by atoms with Crippen molar-refractivity contribution in [1.82, 2.24) is 9.80 Å². The highest BCUT2D eigenvalue weighted by Crippen LogP contribution is 2.45. The number of rotatable bonds is 0. The van der Waals surface area contributed by atoms with Gasteiger partial charge in [-0.3, -0.25) is 0 Å². The molecule has 0 radical (unpaired) electrons. The van der Waals surface area contributed by atoms with Crippen LogP contribution in [0.4, 0.5) is 4.79 Å². The van der Waals surface area contributed by atoms with Gasteiger partial charge in [0.05, 0.1) is 0 Å². The van der Waals surface area contributed by atoms with Gasteiger partial charge in [0.1, 0.15) is 0 Å². The maximum atomic E-state index is 12.6. The van der Waals surface area contributed by atoms with Crippen LogP contribution in [0.3, 0.4) is 0 Å². The average molecular weight is 276 g/mol. The molecule has 0 bridgehead atoms. The van der Waals surface area contributed by atoms with Crippen LogP contribution in [0.15, 0.2) is 11.1 Å². The van der Waals surface area contributed by atoms with Crippen molar-refractivity contribution in [1.29, 1.82) is 0 Å². The number of carbonyl (C=O) groups excluding carboxylic acids is 1. The Bertz CT molecular complexity index is 423. The van der Waals surface area contributed by atoms with Gasteiger partial charge < -0.3 is 9.80 Å². The fourth-order valence-electron chi connectivity index (χ4n) is 4.30. The number of urea groups is 1. The number of allylic oxidation sites excluding steroid dienone is 2. The molecule has 0 aromatic carbocycles. The van der Waals surface area contributed by atoms with Gasteiger partial charge >= 0.3 is 6.03 Å². The highest BCUT2D eigenvalue weighted by atomic mass is 16.2. The summed E-state index contributed by atoms with van der Waals surface area (Å²) in [6.45, 7) is 8.47. The molecular formula is C17H28N2O. The maximum Gasteiger partial charge on any atom is 0.320 e. The summed E-state index contributed by atoms with van der Waals surface area (Å²) >= 11 is 0. The zero-order valence-electron chi connectivity index (χ0n) is 13.1. The van der Waals surface area contributed by atoms with E-state index in [0.29, 0.717) is 11.4 Å². The molecule has 2 fully saturated rings. The molecule has 20 heavy (non-hydrogen) atoms. The van der Waals surface area contributed by atoms with Crippen molar-refractivity contribution in [2.24, 2.45) is 5.41 Å². The van der Waals surface area contributed by atoms with Crippen LogP contribution in [0, 0.1) is 5.41 Å². The van der Waals surface area contributed by atoms with Gasteiger partial charge in [-0.05, 0) is 64.2 Å². The van der Waals surface area contributed by atoms with Crippen LogP contribution >= 0.6 is 0 Å². The van der Waals surface area contributed by atoms with Gasteiger partial charge in [0, 0.05) is 26.2 Å². The first-order chi connectivity index (χ1) is 9.60. The largest absolute Gasteiger partial charge is 0.325 e. The average Bonchev–Trinajstić information content (AvgIpc) is 2.97. The Kier molecular flexibility index (Phi) is 3.78. The van der Waals surface area contributed by atoms with Gasteiger partial charge in [0.2, 0.25) is 0 Å². The van der Waals surface area contributed by atoms with E-state index in [4.69, 9.17) is 0 Å². The maximum absolute atomic E-state index is 12.6. The third kappa shape index (κ3) is 2.59. The number of hydrogen-bond acceptors (Lipinski definition) is 1. The standard InChI is InChI=1S/C17H28N2O/c1-14-6-8-17(12-15(14)2)7-5-11-19(13-17)16(20)18-9-3-4-10-18/h3-13H2,1-2H3. The molecule has 1 spiro atoms. The lowest BCUT2D eigenvalue weighted by Gasteiger charge is -2.46. The van der Waals surface area contributed by atoms with Crippen LogP contribution in [0.5, 0.6) is 0 Å². The lowest BCUT2D eigenvalue weighted by atomic mass is 9.68. The van der Waals surface area contributed by atoms with E-state index in [2.05, 4.69) is 23.6 Å². The fourth-order valence-corrected chi connectivity index (χ4v) is 4.30. The minimum Gasteiger partial charge on any atom is -0.325 e. The molecule has 3 heteroatoms. The summed E-state index contributed by atoms with van der Waals surface area (Å²) in [4.78, 5) is 16.8. The van der Waals surface area contributed by atoms with Gasteiger partial charge in [0.15, 0.2) is 0 Å². The molecule has 1 unspecified atom stereocenters. The molecule has 3 nitrogen and oxygen atoms in total. The molecule has 3 aliphatic rings. The Morgan fingerprint density at radius 2 is 1.65 bits per heavy atom. The second-order valence-corrected chi connectivity index (χ2v) is 7.24. The summed E-state index contributed by atoms with van der Waals surface area (Å²) in [5.41, 5.74) is 3.54. The molecule has 2 amide bonds. The Morgan fingerprint density at radius 3 is 2.35 bits per heavy atom. The Morgan fingerprint density at radius 1 is 0.950 bits per heavy atom. The predicted octanol–water partition coefficient (Wildman–Crippen LogP) is 3.80. The normalized spacial score (nSPS) is 31.3. The smallest absolute Gasteiger partial charge is 0.320 e. The van der Waals surface area contributed by atoms with E-state index in [9.17, 15) is 4.79 Å². The lowest BCUT2D eigenvalue weighted by Crippen LogP contribution is -2.51. The third-order valence-electron chi connectivity index (χ3n) is 5.71. The summed E-state index contributed by atoms with van der Waals surface area (Å²) in [5.74, 6) is 0. The number of carbonyl (C=O) groups is 1. The number of likely N-dealkylation sites (tertiary alicyclic amines) is 2. The number of hydrogen-bond donors (Lipinski definition) is 0. The zero-order valence-corrected chi connectivity index (χ0v) is 13.1. The molecule has 112 valence electrons. The van der Waals surface area contributed by atoms with Crippen LogP contribution < -0.4 is 0 Å². The first-order valence-electron chi connectivity index (χ1n) is 8.29. The molecular weight excluding hydrogens is 248 g/mol. The molecule has 0 saturated carbocycles. The van der Waals surface area contributed by atoms with E-state index in [0.717, 1.165) is 26.2 Å². The summed E-state index contributed by atoms with van der Waals surface area (Å²) < 4.78 is 0. The van der Waals surface area contributed by atoms with Crippen molar-refractivity contribution in [2.75, 3.05) is 26.2 Å². The minimum atomic E-state index is 0.311. The summed E-state index contributed by atoms with van der Waals surface area (Å²) in [6, 6.07) is 0.311. The zero-order chi connectivity index (χ0) is 14.2. The van der Waals surface area contributed by atoms with E-state index < -0.39 is 0 Å². The van der Waals surface area contributed by atoms with E-state index in [-0.39, 0.29) is 0 Å². The number of nitrogens with zero attached hydrogens (tertiary/aromatic N) is 2. The summed E-state index contributed by atoms with van der Waals surface area (Å²) in [5, 5.41) is 0. The Labute approximate surface area is 123 Å². The third-order valence-corrected chi connectivity index (χ3v) is 5.71. The van der Waals surface area contributed by atoms with Crippen LogP contribution in [0.1, 0.15) is 58.8 Å². The Hall–Kier alpha value is -0.990. The first-order valence-corrected chi connectivity index (χ1v) is 8.29. The van der Waals surface area contributed by atoms with Crippen LogP contribution in [0.25, 0.3) is 0 Å². The van der Waals surface area contributed by atoms with Crippen molar-refractivity contribution in [3.05, 3.63) is 11.1 Å². The van der Waals surface area contributed by atoms with Crippen molar-refractivity contribution in [3.8, 4) is 0 Å². The number of piperidine rings is 1. The SMILES string of the molecule is CC1=C(C)CC2(CCCN(C(=O)N3CCCC3)C2)CC1. The monoisotopic (exact) mass is 276 g/mol. The van der Waals surface area contributed by atoms with E-state index in [1.807, 2.05) is 0 Å². The predicted molar refractivity (Wildman–Crippen MR) is 81.7 cm³/mol. The van der Waals surface area contributed by atoms with Gasteiger partial charge in [-0.1, -0.05) is 11.1 Å². The van der Waals surface area contributed by atoms with E-state index >= 15 is 0 Å². The molecule has 2 heterocycles. The topological polar surface area (TPSA) is 23.6 Å². The highest BCUT2D eigenvalue weighted by Gasteiger charge is 2.40. The van der Waals surface area contributed by atoms with Crippen molar-refractivity contribution in [2.45, 2.75) is 58.8 Å². The van der Waals surface area contributed by atoms with Crippen molar-refractivity contribution < 1.29 is 4.79 Å². The second-order valence-electron chi connectivity index (χ2n) is 7.24. The van der Waals surface area contributed by atoms with Crippen molar-refractivity contribution >= 4 is 6.03 Å². The molecule has 3 rings (SSSR count). The Balaban J connectivity index is 1.69. The van der Waals surface area contributed by atoms with Crippen molar-refractivity contribution in [3.63, 3.8) is 0 Å². The summed E-state index contributed by atoms with van der Waals surface area (Å²) in [7, 11) is 0. The number of amides is 2. The molecule has 0 aromatic heterocycles. The fraction of sp³-hybridized carbons (Fsp3) is 0.824. The van der Waals surface area contributed by atoms with Gasteiger partial charge in [-0.2, -0.15) is 0 Å². The van der Waals surface area contributed by atoms with E-state index in [1.165, 1.54) is 44.9 Å². The molecule has 2 aliphatic heterocycles. The molecule has 2 saturated heterocycles. The van der Waals surface area contributed by atoms with Crippen LogP contribution in [-0.2, 0) is 0 Å². The van der Waals surface area contributed by atoms with E-state index in [1.54, 1.807) is 11.1 Å². The quantitative estimate of drug-likeness (QED) is 0.617. The molecule has 0 aromatic rings. The minimum absolute atomic E-state index is 0.311. The van der Waals surface area contributed by atoms with Gasteiger partial charge in [0.25, 0.3) is 0 Å². The second kappa shape index (κ2) is 5.42.